The molecular formula is C9H12N2O3S. The molecule has 0 aliphatic carbocycles. The van der Waals surface area contributed by atoms with Gasteiger partial charge in [-0.25, -0.2) is 8.42 Å². The molecule has 0 atom stereocenters. The Bertz CT molecular complexity index is 494. The highest BCUT2D eigenvalue weighted by atomic mass is 32.2. The Morgan fingerprint density at radius 3 is 2.47 bits per heavy atom. The van der Waals surface area contributed by atoms with Crippen molar-refractivity contribution in [3.63, 3.8) is 0 Å². The van der Waals surface area contributed by atoms with E-state index < -0.39 is 9.84 Å². The average molecular weight is 228 g/mol. The third kappa shape index (κ3) is 2.95. The van der Waals surface area contributed by atoms with Gasteiger partial charge in [0.1, 0.15) is 0 Å². The maximum atomic E-state index is 11.4. The minimum atomic E-state index is -3.37. The molecule has 0 saturated heterocycles. The first kappa shape index (κ1) is 11.5. The van der Waals surface area contributed by atoms with Crippen LogP contribution in [-0.4, -0.2) is 20.6 Å². The molecule has 0 fully saturated rings. The molecular weight excluding hydrogens is 216 g/mol. The Morgan fingerprint density at radius 1 is 1.40 bits per heavy atom. The van der Waals surface area contributed by atoms with Crippen LogP contribution >= 0.6 is 0 Å². The van der Waals surface area contributed by atoms with Crippen LogP contribution in [0, 0.1) is 0 Å². The molecule has 0 aliphatic rings. The van der Waals surface area contributed by atoms with Crippen LogP contribution in [0.15, 0.2) is 23.1 Å². The predicted octanol–water partition coefficient (Wildman–Crippen LogP) is 0.631. The molecule has 1 amide bonds. The lowest BCUT2D eigenvalue weighted by Gasteiger charge is -2.08. The van der Waals surface area contributed by atoms with Crippen molar-refractivity contribution in [2.24, 2.45) is 0 Å². The number of anilines is 2. The van der Waals surface area contributed by atoms with E-state index in [4.69, 9.17) is 5.73 Å². The number of hydrogen-bond donors (Lipinski definition) is 2. The van der Waals surface area contributed by atoms with Crippen LogP contribution in [0.3, 0.4) is 0 Å². The van der Waals surface area contributed by atoms with Gasteiger partial charge in [0.2, 0.25) is 5.91 Å². The lowest BCUT2D eigenvalue weighted by Crippen LogP contribution is -2.10. The summed E-state index contributed by atoms with van der Waals surface area (Å²) in [5.41, 5.74) is 6.11. The highest BCUT2D eigenvalue weighted by Gasteiger charge is 2.13. The Morgan fingerprint density at radius 2 is 2.00 bits per heavy atom. The van der Waals surface area contributed by atoms with Gasteiger partial charge in [0, 0.05) is 18.9 Å². The summed E-state index contributed by atoms with van der Waals surface area (Å²) in [5.74, 6) is -0.342. The topological polar surface area (TPSA) is 89.3 Å². The van der Waals surface area contributed by atoms with Crippen LogP contribution in [0.2, 0.25) is 0 Å². The van der Waals surface area contributed by atoms with Crippen LogP contribution in [-0.2, 0) is 14.6 Å². The summed E-state index contributed by atoms with van der Waals surface area (Å²) in [6.07, 6.45) is 1.07. The van der Waals surface area contributed by atoms with Crippen molar-refractivity contribution in [1.29, 1.82) is 0 Å². The maximum Gasteiger partial charge on any atom is 0.221 e. The molecule has 1 rings (SSSR count). The second kappa shape index (κ2) is 3.90. The first-order valence-corrected chi connectivity index (χ1v) is 6.07. The molecule has 6 heteroatoms. The fourth-order valence-electron chi connectivity index (χ4n) is 1.16. The largest absolute Gasteiger partial charge is 0.399 e. The van der Waals surface area contributed by atoms with Crippen LogP contribution in [0.1, 0.15) is 6.92 Å². The number of carbonyl (C=O) groups is 1. The van der Waals surface area contributed by atoms with Crippen molar-refractivity contribution in [2.75, 3.05) is 17.3 Å². The van der Waals surface area contributed by atoms with Gasteiger partial charge in [0.25, 0.3) is 0 Å². The van der Waals surface area contributed by atoms with Crippen molar-refractivity contribution in [3.8, 4) is 0 Å². The van der Waals surface area contributed by atoms with E-state index in [0.29, 0.717) is 5.69 Å². The SMILES string of the molecule is CC(=O)Nc1cc(N)ccc1S(C)(=O)=O. The van der Waals surface area contributed by atoms with Gasteiger partial charge in [-0.15, -0.1) is 0 Å². The van der Waals surface area contributed by atoms with Crippen molar-refractivity contribution < 1.29 is 13.2 Å². The first-order valence-electron chi connectivity index (χ1n) is 4.18. The lowest BCUT2D eigenvalue weighted by molar-refractivity contribution is -0.114. The minimum Gasteiger partial charge on any atom is -0.399 e. The summed E-state index contributed by atoms with van der Waals surface area (Å²) in [5, 5.41) is 2.42. The summed E-state index contributed by atoms with van der Waals surface area (Å²) >= 11 is 0. The number of benzene rings is 1. The fourth-order valence-corrected chi connectivity index (χ4v) is 1.98. The summed E-state index contributed by atoms with van der Waals surface area (Å²) in [4.78, 5) is 10.9. The van der Waals surface area contributed by atoms with Gasteiger partial charge in [-0.05, 0) is 18.2 Å². The summed E-state index contributed by atoms with van der Waals surface area (Å²) < 4.78 is 22.7. The number of hydrogen-bond acceptors (Lipinski definition) is 4. The van der Waals surface area contributed by atoms with Crippen molar-refractivity contribution >= 4 is 27.1 Å². The molecule has 0 bridgehead atoms. The summed E-state index contributed by atoms with van der Waals surface area (Å²) in [7, 11) is -3.37. The molecule has 0 heterocycles. The molecule has 15 heavy (non-hydrogen) atoms. The Balaban J connectivity index is 3.33. The number of nitrogens with two attached hydrogens (primary N) is 1. The van der Waals surface area contributed by atoms with E-state index in [0.717, 1.165) is 6.26 Å². The summed E-state index contributed by atoms with van der Waals surface area (Å²) in [6.45, 7) is 1.30. The van der Waals surface area contributed by atoms with E-state index in [9.17, 15) is 13.2 Å². The molecule has 82 valence electrons. The van der Waals surface area contributed by atoms with Crippen molar-refractivity contribution in [1.82, 2.24) is 0 Å². The van der Waals surface area contributed by atoms with Gasteiger partial charge in [-0.1, -0.05) is 0 Å². The van der Waals surface area contributed by atoms with Crippen LogP contribution in [0.25, 0.3) is 0 Å². The third-order valence-corrected chi connectivity index (χ3v) is 2.87. The van der Waals surface area contributed by atoms with Gasteiger partial charge in [-0.2, -0.15) is 0 Å². The molecule has 1 aromatic carbocycles. The number of sulfone groups is 1. The van der Waals surface area contributed by atoms with E-state index >= 15 is 0 Å². The number of carbonyl (C=O) groups excluding carboxylic acids is 1. The quantitative estimate of drug-likeness (QED) is 0.726. The molecule has 0 radical (unpaired) electrons. The molecule has 0 unspecified atom stereocenters. The van der Waals surface area contributed by atoms with Gasteiger partial charge in [0.05, 0.1) is 10.6 Å². The molecule has 0 spiro atoms. The van der Waals surface area contributed by atoms with Crippen molar-refractivity contribution in [3.05, 3.63) is 18.2 Å². The van der Waals surface area contributed by atoms with E-state index in [1.807, 2.05) is 0 Å². The predicted molar refractivity (Wildman–Crippen MR) is 58.3 cm³/mol. The third-order valence-electron chi connectivity index (χ3n) is 1.71. The smallest absolute Gasteiger partial charge is 0.221 e. The molecule has 0 aromatic heterocycles. The molecule has 0 aliphatic heterocycles. The summed E-state index contributed by atoms with van der Waals surface area (Å²) in [6, 6.07) is 4.26. The van der Waals surface area contributed by atoms with E-state index in [1.54, 1.807) is 0 Å². The number of rotatable bonds is 2. The molecule has 5 nitrogen and oxygen atoms in total. The molecule has 0 saturated carbocycles. The molecule has 3 N–H and O–H groups in total. The zero-order valence-corrected chi connectivity index (χ0v) is 9.26. The monoisotopic (exact) mass is 228 g/mol. The van der Waals surface area contributed by atoms with E-state index in [2.05, 4.69) is 5.32 Å². The average Bonchev–Trinajstić information content (AvgIpc) is 1.99. The number of nitrogen functional groups attached to an aromatic ring is 1. The highest BCUT2D eigenvalue weighted by molar-refractivity contribution is 7.90. The number of nitrogens with one attached hydrogen (secondary N) is 1. The first-order chi connectivity index (χ1) is 6.80. The van der Waals surface area contributed by atoms with Gasteiger partial charge in [0.15, 0.2) is 9.84 Å². The van der Waals surface area contributed by atoms with Gasteiger partial charge >= 0.3 is 0 Å². The van der Waals surface area contributed by atoms with Gasteiger partial charge in [-0.3, -0.25) is 4.79 Å². The van der Waals surface area contributed by atoms with Crippen LogP contribution in [0.5, 0.6) is 0 Å². The van der Waals surface area contributed by atoms with Crippen molar-refractivity contribution in [2.45, 2.75) is 11.8 Å². The lowest BCUT2D eigenvalue weighted by atomic mass is 10.3. The maximum absolute atomic E-state index is 11.4. The Labute approximate surface area is 88.2 Å². The fraction of sp³-hybridized carbons (Fsp3) is 0.222. The normalized spacial score (nSPS) is 11.1. The van der Waals surface area contributed by atoms with Crippen LogP contribution < -0.4 is 11.1 Å². The second-order valence-electron chi connectivity index (χ2n) is 3.21. The van der Waals surface area contributed by atoms with E-state index in [1.165, 1.54) is 25.1 Å². The Hall–Kier alpha value is -1.56. The number of amides is 1. The van der Waals surface area contributed by atoms with E-state index in [-0.39, 0.29) is 16.5 Å². The zero-order chi connectivity index (χ0) is 11.6. The highest BCUT2D eigenvalue weighted by Crippen LogP contribution is 2.23. The van der Waals surface area contributed by atoms with Crippen LogP contribution in [0.4, 0.5) is 11.4 Å². The van der Waals surface area contributed by atoms with Gasteiger partial charge < -0.3 is 11.1 Å². The zero-order valence-electron chi connectivity index (χ0n) is 8.44. The molecule has 1 aromatic rings. The Kier molecular flexibility index (Phi) is 2.99. The standard InChI is InChI=1S/C9H12N2O3S/c1-6(12)11-8-5-7(10)3-4-9(8)15(2,13)14/h3-5H,10H2,1-2H3,(H,11,12). The minimum absolute atomic E-state index is 0.0619. The second-order valence-corrected chi connectivity index (χ2v) is 5.19.